The van der Waals surface area contributed by atoms with Crippen LogP contribution in [0.1, 0.15) is 140 Å². The fourth-order valence-corrected chi connectivity index (χ4v) is 16.2. The first-order chi connectivity index (χ1) is 53.8. The molecule has 3 aromatic rings. The molecule has 3 N–H and O–H groups in total. The quantitative estimate of drug-likeness (QED) is 0.0290. The summed E-state index contributed by atoms with van der Waals surface area (Å²) < 4.78 is 139. The van der Waals surface area contributed by atoms with Gasteiger partial charge in [0.25, 0.3) is 0 Å². The van der Waals surface area contributed by atoms with Crippen molar-refractivity contribution < 1.29 is 129 Å². The fourth-order valence-electron chi connectivity index (χ4n) is 16.0. The van der Waals surface area contributed by atoms with Gasteiger partial charge in [-0.25, -0.2) is 14.0 Å². The van der Waals surface area contributed by atoms with Crippen LogP contribution in [0.5, 0.6) is 0 Å². The van der Waals surface area contributed by atoms with E-state index in [1.165, 1.54) is 20.8 Å². The molecule has 12 unspecified atom stereocenters. The summed E-state index contributed by atoms with van der Waals surface area (Å²) in [6, 6.07) is 27.5. The van der Waals surface area contributed by atoms with E-state index < -0.39 is 230 Å². The van der Waals surface area contributed by atoms with Gasteiger partial charge in [-0.05, 0) is 71.5 Å². The standard InChI is InChI=1S/C82H117Cl3FNO26/c1-17-57-42(4)43(5)69(77(104-57)112-71-64(92)60(35-88)106-78(72(71)103-53(15)91)110-66-46(8)48(10)74(98-38-56-33-27-22-28-34-56)107-61(66)39-96-36-54-29-23-20-24-30-54)111-76-63(87-80(94)99-41-81(83,84)85)50(12)67(58(18-2)105-76)109-75-49(11)45(7)65(97-37-55-31-25-21-26-32-55)62(108-75)40-100-82(79(93)95-16)73(86)47(9)44(6)68(113-82)70(102-52(14)90)59(19-3)101-51(13)89/h20-34,42-50,57-78,88,92H,17-19,35-41H2,1-16H3,(H,87,94)/t42-,43?,44+,45+,46+,47-,48?,49?,50+,57-,58?,59+,60?,61?,62?,63?,64+,65+,66-,67-,68?,69?,70+,71-,72?,73?,74+,75-,76-,77+,78-,82+/m0/s1. The van der Waals surface area contributed by atoms with Gasteiger partial charge in [0.15, 0.2) is 49.8 Å². The number of rotatable bonds is 33. The van der Waals surface area contributed by atoms with Gasteiger partial charge in [0.1, 0.15) is 55.4 Å². The average Bonchev–Trinajstić information content (AvgIpc) is 0.753. The Labute approximate surface area is 677 Å². The van der Waals surface area contributed by atoms with Crippen molar-refractivity contribution in [3.63, 3.8) is 0 Å². The highest BCUT2D eigenvalue weighted by atomic mass is 35.6. The lowest BCUT2D eigenvalue weighted by atomic mass is 9.77. The molecule has 1 amide bonds. The average molecular weight is 1660 g/mol. The van der Waals surface area contributed by atoms with Crippen LogP contribution in [0.25, 0.3) is 0 Å². The zero-order chi connectivity index (χ0) is 82.3. The molecule has 6 saturated heterocycles. The Morgan fingerprint density at radius 3 is 1.59 bits per heavy atom. The molecule has 31 heteroatoms. The lowest BCUT2D eigenvalue weighted by molar-refractivity contribution is -0.385. The van der Waals surface area contributed by atoms with Crippen LogP contribution in [0.15, 0.2) is 91.0 Å². The summed E-state index contributed by atoms with van der Waals surface area (Å²) in [4.78, 5) is 67.5. The number of nitrogens with one attached hydrogen (secondary N) is 1. The second-order valence-electron chi connectivity index (χ2n) is 30.9. The van der Waals surface area contributed by atoms with Gasteiger partial charge >= 0.3 is 35.8 Å². The number of hydrogen-bond acceptors (Lipinski definition) is 26. The van der Waals surface area contributed by atoms with Crippen molar-refractivity contribution in [3.8, 4) is 0 Å². The molecule has 0 aliphatic carbocycles. The number of benzene rings is 3. The van der Waals surface area contributed by atoms with Crippen molar-refractivity contribution in [2.45, 2.75) is 288 Å². The third kappa shape index (κ3) is 23.1. The van der Waals surface area contributed by atoms with E-state index in [4.69, 9.17) is 125 Å². The maximum atomic E-state index is 17.6. The Morgan fingerprint density at radius 1 is 0.531 bits per heavy atom. The van der Waals surface area contributed by atoms with Gasteiger partial charge in [-0.1, -0.05) is 209 Å². The molecule has 0 bridgehead atoms. The molecule has 6 aliphatic rings. The van der Waals surface area contributed by atoms with Crippen LogP contribution >= 0.6 is 34.8 Å². The monoisotopic (exact) mass is 1660 g/mol. The minimum atomic E-state index is -2.82. The van der Waals surface area contributed by atoms with Crippen LogP contribution in [0.4, 0.5) is 9.18 Å². The highest BCUT2D eigenvalue weighted by molar-refractivity contribution is 6.67. The number of hydrogen-bond donors (Lipinski definition) is 3. The van der Waals surface area contributed by atoms with Crippen LogP contribution in [0.3, 0.4) is 0 Å². The molecule has 27 nitrogen and oxygen atoms in total. The number of carbonyl (C=O) groups is 5. The summed E-state index contributed by atoms with van der Waals surface area (Å²) >= 11 is 18.4. The van der Waals surface area contributed by atoms with E-state index in [2.05, 4.69) is 5.32 Å². The zero-order valence-corrected chi connectivity index (χ0v) is 69.6. The largest absolute Gasteiger partial charge is 0.465 e. The number of esters is 4. The number of alkyl halides is 4. The van der Waals surface area contributed by atoms with Crippen LogP contribution in [-0.4, -0.2) is 219 Å². The molecule has 0 aromatic heterocycles. The fraction of sp³-hybridized carbons (Fsp3) is 0.720. The lowest BCUT2D eigenvalue weighted by Gasteiger charge is -2.52. The molecule has 0 radical (unpaired) electrons. The molecule has 3 aromatic carbocycles. The number of carbonyl (C=O) groups excluding carboxylic acids is 5. The minimum absolute atomic E-state index is 0.0236. The first-order valence-electron chi connectivity index (χ1n) is 39.4. The maximum Gasteiger partial charge on any atom is 0.407 e. The van der Waals surface area contributed by atoms with Crippen LogP contribution in [0, 0.1) is 53.3 Å². The summed E-state index contributed by atoms with van der Waals surface area (Å²) in [5, 5.41) is 26.5. The molecule has 6 heterocycles. The van der Waals surface area contributed by atoms with E-state index in [1.807, 2.05) is 153 Å². The first kappa shape index (κ1) is 91.9. The van der Waals surface area contributed by atoms with Gasteiger partial charge in [0.05, 0.1) is 83.3 Å². The maximum absolute atomic E-state index is 17.6. The lowest BCUT2D eigenvalue weighted by Crippen LogP contribution is -2.67. The highest BCUT2D eigenvalue weighted by Gasteiger charge is 2.64. The summed E-state index contributed by atoms with van der Waals surface area (Å²) in [6.45, 7) is 24.4. The number of aliphatic hydroxyl groups is 2. The van der Waals surface area contributed by atoms with Crippen molar-refractivity contribution in [1.82, 2.24) is 5.32 Å². The van der Waals surface area contributed by atoms with E-state index in [0.717, 1.165) is 23.8 Å². The Balaban J connectivity index is 1.02. The highest BCUT2D eigenvalue weighted by Crippen LogP contribution is 2.47. The van der Waals surface area contributed by atoms with Gasteiger partial charge in [-0.2, -0.15) is 0 Å². The van der Waals surface area contributed by atoms with Crippen molar-refractivity contribution in [2.24, 2.45) is 53.3 Å². The Bertz CT molecular complexity index is 3450. The Kier molecular flexibility index (Phi) is 34.2. The van der Waals surface area contributed by atoms with E-state index in [0.29, 0.717) is 6.42 Å². The number of amides is 1. The van der Waals surface area contributed by atoms with E-state index in [1.54, 1.807) is 20.8 Å². The van der Waals surface area contributed by atoms with Crippen molar-refractivity contribution in [2.75, 3.05) is 33.5 Å². The predicted molar refractivity (Wildman–Crippen MR) is 407 cm³/mol. The van der Waals surface area contributed by atoms with E-state index in [9.17, 15) is 34.2 Å². The molecular weight excluding hydrogens is 1540 g/mol. The van der Waals surface area contributed by atoms with Crippen molar-refractivity contribution in [3.05, 3.63) is 108 Å². The number of methoxy groups -OCH3 is 1. The second-order valence-corrected chi connectivity index (χ2v) is 33.4. The molecule has 0 spiro atoms. The Hall–Kier alpha value is -5.03. The van der Waals surface area contributed by atoms with Crippen LogP contribution in [-0.2, 0) is 129 Å². The third-order valence-corrected chi connectivity index (χ3v) is 23.6. The molecule has 6 fully saturated rings. The smallest absolute Gasteiger partial charge is 0.407 e. The number of halogens is 4. The number of aliphatic hydroxyl groups excluding tert-OH is 2. The summed E-state index contributed by atoms with van der Waals surface area (Å²) in [5.41, 5.74) is 2.68. The van der Waals surface area contributed by atoms with Gasteiger partial charge in [-0.15, -0.1) is 0 Å². The Morgan fingerprint density at radius 2 is 1.03 bits per heavy atom. The van der Waals surface area contributed by atoms with Crippen molar-refractivity contribution >= 4 is 64.8 Å². The minimum Gasteiger partial charge on any atom is -0.465 e. The van der Waals surface area contributed by atoms with E-state index >= 15 is 4.39 Å². The summed E-state index contributed by atoms with van der Waals surface area (Å²) in [7, 11) is 1.05. The van der Waals surface area contributed by atoms with Crippen molar-refractivity contribution in [1.29, 1.82) is 0 Å². The summed E-state index contributed by atoms with van der Waals surface area (Å²) in [6.07, 6.45) is -25.6. The van der Waals surface area contributed by atoms with Gasteiger partial charge in [0.2, 0.25) is 3.79 Å². The van der Waals surface area contributed by atoms with Crippen LogP contribution in [0.2, 0.25) is 0 Å². The normalized spacial score (nSPS) is 37.4. The van der Waals surface area contributed by atoms with E-state index in [-0.39, 0.29) is 57.0 Å². The number of alkyl carbamates (subject to hydrolysis) is 1. The molecule has 0 saturated carbocycles. The SMILES string of the molecule is CCC1O[C@@H](OC2C(C)[C@H](C)[C@H](CC)O[C@@H]2O[C@@H]2C(OC(C)=O)[C@H](O[C@@H]3C(COCc4ccccc4)O[C@@H](OCc4ccccc4)C(C)[C@H]3C)OC(CO)[C@H]2O)C(NC(=O)OCC(Cl)(Cl)Cl)[C@@H](C)[C@@H]1O[C@@H]1OC(CO[C@@]2(C(=O)OC)OC([C@H](OC(C)=O)[C@@H](CC)OC(C)=O)[C@H](C)[C@H](C)C2F)[C@H](OCc2ccccc2)[C@H](C)C1C. The number of ether oxygens (including phenoxy) is 19. The molecule has 113 heavy (non-hydrogen) atoms. The molecule has 634 valence electrons. The molecule has 32 atom stereocenters. The van der Waals surface area contributed by atoms with Crippen LogP contribution < -0.4 is 5.32 Å². The molecular formula is C82H117Cl3FNO26. The summed E-state index contributed by atoms with van der Waals surface area (Å²) in [5.74, 6) is -11.2. The van der Waals surface area contributed by atoms with Gasteiger partial charge < -0.3 is 106 Å². The molecule has 6 aliphatic heterocycles. The first-order valence-corrected chi connectivity index (χ1v) is 40.6. The topological polar surface area (TPSA) is 313 Å². The zero-order valence-electron chi connectivity index (χ0n) is 67.3. The second kappa shape index (κ2) is 42.1. The predicted octanol–water partition coefficient (Wildman–Crippen LogP) is 11.4. The van der Waals surface area contributed by atoms with Gasteiger partial charge in [0, 0.05) is 38.5 Å². The molecule has 9 rings (SSSR count). The van der Waals surface area contributed by atoms with Gasteiger partial charge in [-0.3, -0.25) is 14.4 Å². The third-order valence-electron chi connectivity index (χ3n) is 23.3.